The first kappa shape index (κ1) is 26.4. The van der Waals surface area contributed by atoms with Crippen LogP contribution >= 0.6 is 11.3 Å². The van der Waals surface area contributed by atoms with Crippen molar-refractivity contribution >= 4 is 44.5 Å². The van der Waals surface area contributed by atoms with Crippen molar-refractivity contribution in [3.05, 3.63) is 107 Å². The van der Waals surface area contributed by atoms with E-state index in [0.717, 1.165) is 40.6 Å². The molecule has 1 unspecified atom stereocenters. The van der Waals surface area contributed by atoms with Crippen molar-refractivity contribution in [2.24, 2.45) is 0 Å². The smallest absolute Gasteiger partial charge is 0.296 e. The molecule has 0 saturated heterocycles. The van der Waals surface area contributed by atoms with E-state index in [1.165, 1.54) is 22.3 Å². The van der Waals surface area contributed by atoms with Gasteiger partial charge < -0.3 is 9.84 Å². The maximum Gasteiger partial charge on any atom is 0.296 e. The van der Waals surface area contributed by atoms with Gasteiger partial charge in [-0.3, -0.25) is 14.5 Å². The lowest BCUT2D eigenvalue weighted by atomic mass is 9.95. The lowest BCUT2D eigenvalue weighted by molar-refractivity contribution is -0.117. The van der Waals surface area contributed by atoms with Crippen LogP contribution in [0.1, 0.15) is 48.9 Å². The number of aliphatic hydroxyl groups excluding tert-OH is 1. The third-order valence-corrected chi connectivity index (χ3v) is 7.67. The molecule has 1 aliphatic rings. The number of thiazole rings is 1. The summed E-state index contributed by atoms with van der Waals surface area (Å²) in [6.45, 7) is 4.77. The van der Waals surface area contributed by atoms with E-state index >= 15 is 0 Å². The van der Waals surface area contributed by atoms with Crippen molar-refractivity contribution in [2.45, 2.75) is 39.2 Å². The molecule has 7 heteroatoms. The molecule has 39 heavy (non-hydrogen) atoms. The van der Waals surface area contributed by atoms with Crippen LogP contribution in [0.4, 0.5) is 5.13 Å². The predicted octanol–water partition coefficient (Wildman–Crippen LogP) is 7.36. The Hall–Kier alpha value is -4.23. The van der Waals surface area contributed by atoms with Gasteiger partial charge in [0.05, 0.1) is 28.4 Å². The average molecular weight is 539 g/mol. The number of hydrogen-bond donors (Lipinski definition) is 1. The number of hydrogen-bond acceptors (Lipinski definition) is 6. The molecule has 0 spiro atoms. The SMILES string of the molecule is CCCCCOc1ccc(C2C(C(=O)C=Cc3ccccc3)=C(O)C(=O)N2c2nc3ccc(C)cc3s2)cc1. The first-order valence-corrected chi connectivity index (χ1v) is 13.9. The second kappa shape index (κ2) is 11.7. The Morgan fingerprint density at radius 3 is 2.59 bits per heavy atom. The predicted molar refractivity (Wildman–Crippen MR) is 156 cm³/mol. The Kier molecular flexibility index (Phi) is 7.89. The maximum atomic E-state index is 13.5. The number of carbonyl (C=O) groups excluding carboxylic acids is 2. The van der Waals surface area contributed by atoms with Crippen molar-refractivity contribution in [1.29, 1.82) is 0 Å². The summed E-state index contributed by atoms with van der Waals surface area (Å²) in [6.07, 6.45) is 6.27. The van der Waals surface area contributed by atoms with E-state index in [-0.39, 0.29) is 5.57 Å². The minimum atomic E-state index is -0.832. The van der Waals surface area contributed by atoms with Gasteiger partial charge in [0, 0.05) is 0 Å². The molecule has 0 radical (unpaired) electrons. The molecule has 1 amide bonds. The zero-order chi connectivity index (χ0) is 27.4. The molecule has 198 valence electrons. The van der Waals surface area contributed by atoms with E-state index in [1.807, 2.05) is 79.7 Å². The summed E-state index contributed by atoms with van der Waals surface area (Å²) in [4.78, 5) is 33.1. The highest BCUT2D eigenvalue weighted by Gasteiger charge is 2.45. The third-order valence-electron chi connectivity index (χ3n) is 6.65. The molecule has 1 N–H and O–H groups in total. The van der Waals surface area contributed by atoms with Crippen LogP contribution in [0.2, 0.25) is 0 Å². The Balaban J connectivity index is 1.52. The first-order chi connectivity index (χ1) is 19.0. The van der Waals surface area contributed by atoms with Crippen LogP contribution in [0.3, 0.4) is 0 Å². The van der Waals surface area contributed by atoms with Crippen LogP contribution in [0.25, 0.3) is 16.3 Å². The van der Waals surface area contributed by atoms with Crippen LogP contribution in [0.5, 0.6) is 5.75 Å². The van der Waals surface area contributed by atoms with Crippen molar-refractivity contribution < 1.29 is 19.4 Å². The van der Waals surface area contributed by atoms with Crippen molar-refractivity contribution in [1.82, 2.24) is 4.98 Å². The highest BCUT2D eigenvalue weighted by atomic mass is 32.1. The van der Waals surface area contributed by atoms with E-state index < -0.39 is 23.5 Å². The molecule has 0 bridgehead atoms. The normalized spacial score (nSPS) is 15.6. The molecule has 0 aliphatic carbocycles. The van der Waals surface area contributed by atoms with Gasteiger partial charge in [0.1, 0.15) is 5.75 Å². The zero-order valence-corrected chi connectivity index (χ0v) is 22.8. The standard InChI is InChI=1S/C32H30N2O4S/c1-3-4-8-19-38-24-15-13-23(14-16-24)29-28(26(35)18-12-22-9-6-5-7-10-22)30(36)31(37)34(29)32-33-25-17-11-21(2)20-27(25)39-32/h5-7,9-18,20,29,36H,3-4,8,19H2,1-2H3. The largest absolute Gasteiger partial charge is 0.503 e. The highest BCUT2D eigenvalue weighted by molar-refractivity contribution is 7.22. The fraction of sp³-hybridized carbons (Fsp3) is 0.219. The van der Waals surface area contributed by atoms with Crippen LogP contribution in [0, 0.1) is 6.92 Å². The summed E-state index contributed by atoms with van der Waals surface area (Å²) in [5.74, 6) is -0.925. The summed E-state index contributed by atoms with van der Waals surface area (Å²) in [7, 11) is 0. The lowest BCUT2D eigenvalue weighted by Gasteiger charge is -2.24. The van der Waals surface area contributed by atoms with E-state index in [9.17, 15) is 14.7 Å². The fourth-order valence-corrected chi connectivity index (χ4v) is 5.70. The number of ketones is 1. The molecular formula is C32H30N2O4S. The lowest BCUT2D eigenvalue weighted by Crippen LogP contribution is -2.30. The third kappa shape index (κ3) is 5.64. The fourth-order valence-electron chi connectivity index (χ4n) is 4.61. The number of anilines is 1. The van der Waals surface area contributed by atoms with Gasteiger partial charge >= 0.3 is 0 Å². The minimum absolute atomic E-state index is 0.0271. The highest BCUT2D eigenvalue weighted by Crippen LogP contribution is 2.44. The second-order valence-corrected chi connectivity index (χ2v) is 10.5. The minimum Gasteiger partial charge on any atom is -0.503 e. The molecule has 6 nitrogen and oxygen atoms in total. The van der Waals surface area contributed by atoms with Crippen LogP contribution < -0.4 is 9.64 Å². The van der Waals surface area contributed by atoms with Gasteiger partial charge in [-0.2, -0.15) is 0 Å². The van der Waals surface area contributed by atoms with E-state index in [1.54, 1.807) is 6.08 Å². The molecule has 2 heterocycles. The Bertz CT molecular complexity index is 1550. The number of unbranched alkanes of at least 4 members (excludes halogenated alkanes) is 2. The number of aliphatic hydroxyl groups is 1. The number of rotatable bonds is 10. The van der Waals surface area contributed by atoms with Crippen LogP contribution in [-0.4, -0.2) is 28.4 Å². The Labute approximate surface area is 231 Å². The van der Waals surface area contributed by atoms with E-state index in [4.69, 9.17) is 9.72 Å². The average Bonchev–Trinajstić information content (AvgIpc) is 3.48. The van der Waals surface area contributed by atoms with Gasteiger partial charge in [-0.1, -0.05) is 85.7 Å². The van der Waals surface area contributed by atoms with E-state index in [2.05, 4.69) is 6.92 Å². The molecule has 5 rings (SSSR count). The molecule has 0 saturated carbocycles. The number of carbonyl (C=O) groups is 2. The number of nitrogens with zero attached hydrogens (tertiary/aromatic N) is 2. The first-order valence-electron chi connectivity index (χ1n) is 13.1. The molecule has 0 fully saturated rings. The number of amides is 1. The Morgan fingerprint density at radius 1 is 1.08 bits per heavy atom. The van der Waals surface area contributed by atoms with Crippen molar-refractivity contribution in [3.8, 4) is 5.75 Å². The van der Waals surface area contributed by atoms with Gasteiger partial charge in [-0.05, 0) is 60.4 Å². The monoisotopic (exact) mass is 538 g/mol. The van der Waals surface area contributed by atoms with Crippen molar-refractivity contribution in [3.63, 3.8) is 0 Å². The van der Waals surface area contributed by atoms with Crippen LogP contribution in [0.15, 0.2) is 90.2 Å². The quantitative estimate of drug-likeness (QED) is 0.169. The number of aromatic nitrogens is 1. The number of allylic oxidation sites excluding steroid dienone is 1. The maximum absolute atomic E-state index is 13.5. The van der Waals surface area contributed by atoms with Crippen LogP contribution in [-0.2, 0) is 9.59 Å². The Morgan fingerprint density at radius 2 is 1.85 bits per heavy atom. The van der Waals surface area contributed by atoms with Gasteiger partial charge in [0.2, 0.25) is 0 Å². The molecule has 1 aliphatic heterocycles. The van der Waals surface area contributed by atoms with Crippen molar-refractivity contribution in [2.75, 3.05) is 11.5 Å². The molecule has 4 aromatic rings. The zero-order valence-electron chi connectivity index (χ0n) is 22.0. The van der Waals surface area contributed by atoms with E-state index in [0.29, 0.717) is 23.1 Å². The van der Waals surface area contributed by atoms with Gasteiger partial charge in [0.25, 0.3) is 5.91 Å². The van der Waals surface area contributed by atoms with Gasteiger partial charge in [-0.25, -0.2) is 4.98 Å². The topological polar surface area (TPSA) is 79.7 Å². The molecular weight excluding hydrogens is 508 g/mol. The molecule has 1 aromatic heterocycles. The number of benzene rings is 3. The number of fused-ring (bicyclic) bond motifs is 1. The molecule has 3 aromatic carbocycles. The summed E-state index contributed by atoms with van der Waals surface area (Å²) in [5.41, 5.74) is 3.39. The van der Waals surface area contributed by atoms with Gasteiger partial charge in [-0.15, -0.1) is 0 Å². The van der Waals surface area contributed by atoms with Gasteiger partial charge in [0.15, 0.2) is 16.7 Å². The summed E-state index contributed by atoms with van der Waals surface area (Å²) in [5, 5.41) is 11.4. The summed E-state index contributed by atoms with van der Waals surface area (Å²) < 4.78 is 6.79. The number of aryl methyl sites for hydroxylation is 1. The molecule has 1 atom stereocenters. The second-order valence-electron chi connectivity index (χ2n) is 9.54. The number of ether oxygens (including phenoxy) is 1. The summed E-state index contributed by atoms with van der Waals surface area (Å²) >= 11 is 1.36. The summed E-state index contributed by atoms with van der Waals surface area (Å²) in [6, 6.07) is 21.8.